The number of halogens is 3. The van der Waals surface area contributed by atoms with Gasteiger partial charge >= 0.3 is 6.18 Å². The van der Waals surface area contributed by atoms with E-state index >= 15 is 0 Å². The first-order valence-electron chi connectivity index (χ1n) is 6.40. The molecule has 0 bridgehead atoms. The molecule has 0 unspecified atom stereocenters. The molecule has 0 radical (unpaired) electrons. The van der Waals surface area contributed by atoms with Crippen LogP contribution in [0.2, 0.25) is 0 Å². The smallest absolute Gasteiger partial charge is 0.269 e. The van der Waals surface area contributed by atoms with E-state index in [0.29, 0.717) is 24.3 Å². The fourth-order valence-electron chi connectivity index (χ4n) is 2.56. The van der Waals surface area contributed by atoms with Gasteiger partial charge in [0.2, 0.25) is 0 Å². The van der Waals surface area contributed by atoms with Crippen molar-refractivity contribution in [3.05, 3.63) is 47.5 Å². The average molecular weight is 290 g/mol. The number of anilines is 1. The second kappa shape index (κ2) is 4.77. The fraction of sp³-hybridized carbons (Fsp3) is 0.200. The van der Waals surface area contributed by atoms with E-state index in [4.69, 9.17) is 5.26 Å². The highest BCUT2D eigenvalue weighted by atomic mass is 19.4. The lowest BCUT2D eigenvalue weighted by Crippen LogP contribution is -2.35. The minimum Gasteiger partial charge on any atom is -0.269 e. The lowest BCUT2D eigenvalue weighted by molar-refractivity contribution is -0.659. The number of fused-ring (bicyclic) bond motifs is 1. The maximum atomic E-state index is 13.2. The summed E-state index contributed by atoms with van der Waals surface area (Å²) in [5, 5.41) is 12.0. The molecular weight excluding hydrogens is 279 g/mol. The van der Waals surface area contributed by atoms with Gasteiger partial charge in [-0.05, 0) is 6.07 Å². The maximum absolute atomic E-state index is 13.2. The first kappa shape index (κ1) is 13.4. The van der Waals surface area contributed by atoms with Crippen molar-refractivity contribution in [1.29, 1.82) is 5.26 Å². The molecule has 0 atom stereocenters. The monoisotopic (exact) mass is 290 g/mol. The molecular formula is C15H11F3N3+. The zero-order valence-corrected chi connectivity index (χ0v) is 10.9. The van der Waals surface area contributed by atoms with E-state index in [1.807, 2.05) is 0 Å². The number of nitrogens with one attached hydrogen (secondary N) is 1. The Kier molecular flexibility index (Phi) is 3.05. The number of aromatic nitrogens is 1. The third kappa shape index (κ3) is 2.21. The van der Waals surface area contributed by atoms with Crippen molar-refractivity contribution in [2.45, 2.75) is 12.7 Å². The summed E-state index contributed by atoms with van der Waals surface area (Å²) in [7, 11) is 0. The van der Waals surface area contributed by atoms with Gasteiger partial charge < -0.3 is 0 Å². The molecule has 1 N–H and O–H groups in total. The summed E-state index contributed by atoms with van der Waals surface area (Å²) in [6.07, 6.45) is -4.56. The molecule has 0 aliphatic carbocycles. The molecule has 3 rings (SSSR count). The molecule has 6 heteroatoms. The van der Waals surface area contributed by atoms with Crippen LogP contribution in [-0.2, 0) is 12.7 Å². The Balaban J connectivity index is 2.33. The molecule has 21 heavy (non-hydrogen) atoms. The highest BCUT2D eigenvalue weighted by Crippen LogP contribution is 2.36. The normalized spacial score (nSPS) is 13.4. The average Bonchev–Trinajstić information content (AvgIpc) is 2.94. The van der Waals surface area contributed by atoms with E-state index in [9.17, 15) is 13.2 Å². The highest BCUT2D eigenvalue weighted by Gasteiger charge is 2.40. The molecule has 0 fully saturated rings. The number of pyridine rings is 1. The zero-order valence-electron chi connectivity index (χ0n) is 10.9. The highest BCUT2D eigenvalue weighted by molar-refractivity contribution is 5.64. The standard InChI is InChI=1S/C15H10F3N3/c16-15(17,18)12-8-13(10-4-2-1-3-5-10)21-7-6-20-14(21)11(12)9-19/h1-5,8H,6-7H2/p+1. The molecule has 3 nitrogen and oxygen atoms in total. The molecule has 1 aromatic heterocycles. The van der Waals surface area contributed by atoms with E-state index in [2.05, 4.69) is 5.32 Å². The minimum atomic E-state index is -4.56. The number of hydrogen-bond donors (Lipinski definition) is 1. The Labute approximate surface area is 119 Å². The maximum Gasteiger partial charge on any atom is 0.418 e. The summed E-state index contributed by atoms with van der Waals surface area (Å²) in [5.41, 5.74) is -0.0939. The number of alkyl halides is 3. The van der Waals surface area contributed by atoms with E-state index in [0.717, 1.165) is 6.07 Å². The third-order valence-electron chi connectivity index (χ3n) is 3.46. The van der Waals surface area contributed by atoms with Crippen molar-refractivity contribution in [3.8, 4) is 17.3 Å². The second-order valence-corrected chi connectivity index (χ2v) is 4.72. The third-order valence-corrected chi connectivity index (χ3v) is 3.46. The summed E-state index contributed by atoms with van der Waals surface area (Å²) in [6.45, 7) is 1.04. The summed E-state index contributed by atoms with van der Waals surface area (Å²) < 4.78 is 41.4. The lowest BCUT2D eigenvalue weighted by Gasteiger charge is -2.13. The van der Waals surface area contributed by atoms with E-state index in [1.165, 1.54) is 0 Å². The number of benzene rings is 1. The number of hydrogen-bond acceptors (Lipinski definition) is 2. The Morgan fingerprint density at radius 1 is 1.19 bits per heavy atom. The lowest BCUT2D eigenvalue weighted by atomic mass is 10.0. The quantitative estimate of drug-likeness (QED) is 0.820. The van der Waals surface area contributed by atoms with Crippen LogP contribution in [0.25, 0.3) is 11.3 Å². The van der Waals surface area contributed by atoms with Gasteiger partial charge in [0.25, 0.3) is 5.82 Å². The van der Waals surface area contributed by atoms with Crippen molar-refractivity contribution in [2.24, 2.45) is 0 Å². The first-order chi connectivity index (χ1) is 10.0. The first-order valence-corrected chi connectivity index (χ1v) is 6.40. The summed E-state index contributed by atoms with van der Waals surface area (Å²) in [4.78, 5) is 0. The van der Waals surface area contributed by atoms with Gasteiger partial charge in [0, 0.05) is 5.56 Å². The van der Waals surface area contributed by atoms with Crippen molar-refractivity contribution >= 4 is 5.82 Å². The van der Waals surface area contributed by atoms with Crippen LogP contribution < -0.4 is 9.88 Å². The van der Waals surface area contributed by atoms with Gasteiger partial charge in [0.1, 0.15) is 24.9 Å². The molecule has 0 amide bonds. The summed E-state index contributed by atoms with van der Waals surface area (Å²) >= 11 is 0. The molecule has 1 aliphatic heterocycles. The molecule has 0 saturated carbocycles. The van der Waals surface area contributed by atoms with Crippen LogP contribution >= 0.6 is 0 Å². The van der Waals surface area contributed by atoms with Crippen molar-refractivity contribution in [2.75, 3.05) is 11.9 Å². The zero-order chi connectivity index (χ0) is 15.0. The van der Waals surface area contributed by atoms with Crippen molar-refractivity contribution in [3.63, 3.8) is 0 Å². The minimum absolute atomic E-state index is 0.242. The number of rotatable bonds is 1. The van der Waals surface area contributed by atoms with Crippen LogP contribution in [0.3, 0.4) is 0 Å². The Morgan fingerprint density at radius 3 is 2.52 bits per heavy atom. The molecule has 0 saturated heterocycles. The Bertz CT molecular complexity index is 731. The van der Waals surface area contributed by atoms with Gasteiger partial charge in [-0.25, -0.2) is 4.57 Å². The van der Waals surface area contributed by atoms with Crippen LogP contribution in [-0.4, -0.2) is 6.54 Å². The SMILES string of the molecule is N#Cc1c(C(F)(F)F)cc(-c2ccccc2)[n+]2c1NCC2. The van der Waals surface area contributed by atoms with E-state index in [1.54, 1.807) is 41.0 Å². The number of nitrogens with zero attached hydrogens (tertiary/aromatic N) is 2. The Hall–Kier alpha value is -2.55. The van der Waals surface area contributed by atoms with E-state index < -0.39 is 11.7 Å². The van der Waals surface area contributed by atoms with Crippen molar-refractivity contribution < 1.29 is 17.7 Å². The van der Waals surface area contributed by atoms with Crippen LogP contribution in [0.15, 0.2) is 36.4 Å². The predicted molar refractivity (Wildman–Crippen MR) is 70.3 cm³/mol. The van der Waals surface area contributed by atoms with Gasteiger partial charge in [-0.15, -0.1) is 0 Å². The fourth-order valence-corrected chi connectivity index (χ4v) is 2.56. The Morgan fingerprint density at radius 2 is 1.90 bits per heavy atom. The van der Waals surface area contributed by atoms with Gasteiger partial charge in [-0.2, -0.15) is 18.4 Å². The molecule has 2 heterocycles. The molecule has 1 aliphatic rings. The topological polar surface area (TPSA) is 39.7 Å². The van der Waals surface area contributed by atoms with Crippen molar-refractivity contribution in [1.82, 2.24) is 0 Å². The van der Waals surface area contributed by atoms with Crippen LogP contribution in [0.5, 0.6) is 0 Å². The molecule has 1 aromatic carbocycles. The molecule has 2 aromatic rings. The van der Waals surface area contributed by atoms with Gasteiger partial charge in [0.05, 0.1) is 5.56 Å². The van der Waals surface area contributed by atoms with Gasteiger partial charge in [0.15, 0.2) is 5.56 Å². The van der Waals surface area contributed by atoms with Gasteiger partial charge in [-0.1, -0.05) is 30.3 Å². The summed E-state index contributed by atoms with van der Waals surface area (Å²) in [5.74, 6) is 0.242. The summed E-state index contributed by atoms with van der Waals surface area (Å²) in [6, 6.07) is 11.6. The van der Waals surface area contributed by atoms with Crippen LogP contribution in [0.4, 0.5) is 19.0 Å². The molecule has 0 spiro atoms. The molecule has 106 valence electrons. The van der Waals surface area contributed by atoms with Crippen LogP contribution in [0, 0.1) is 11.3 Å². The van der Waals surface area contributed by atoms with Gasteiger partial charge in [-0.3, -0.25) is 5.32 Å². The van der Waals surface area contributed by atoms with E-state index in [-0.39, 0.29) is 11.4 Å². The predicted octanol–water partition coefficient (Wildman–Crippen LogP) is 2.96. The number of nitriles is 1. The second-order valence-electron chi connectivity index (χ2n) is 4.72. The van der Waals surface area contributed by atoms with Crippen LogP contribution in [0.1, 0.15) is 11.1 Å². The largest absolute Gasteiger partial charge is 0.418 e.